The van der Waals surface area contributed by atoms with E-state index in [0.29, 0.717) is 11.3 Å². The van der Waals surface area contributed by atoms with Gasteiger partial charge in [-0.05, 0) is 18.1 Å². The fraction of sp³-hybridized carbons (Fsp3) is 0.167. The molecule has 2 rings (SSSR count). The molecule has 0 aromatic heterocycles. The van der Waals surface area contributed by atoms with Gasteiger partial charge in [-0.2, -0.15) is 0 Å². The van der Waals surface area contributed by atoms with Crippen LogP contribution in [-0.4, -0.2) is 23.5 Å². The summed E-state index contributed by atoms with van der Waals surface area (Å²) in [6.45, 7) is -0.349. The van der Waals surface area contributed by atoms with Crippen LogP contribution in [0.15, 0.2) is 40.1 Å². The minimum absolute atomic E-state index is 0.327. The second-order valence-corrected chi connectivity index (χ2v) is 4.64. The van der Waals surface area contributed by atoms with Gasteiger partial charge in [-0.15, -0.1) is 0 Å². The topological polar surface area (TPSA) is 66.4 Å². The molecule has 0 unspecified atom stereocenters. The van der Waals surface area contributed by atoms with Crippen molar-refractivity contribution in [3.63, 3.8) is 0 Å². The number of allylic oxidation sites excluding steroid dienone is 1. The van der Waals surface area contributed by atoms with Gasteiger partial charge in [0.1, 0.15) is 6.54 Å². The van der Waals surface area contributed by atoms with Crippen LogP contribution in [0.5, 0.6) is 0 Å². The normalized spacial score (nSPS) is 13.5. The van der Waals surface area contributed by atoms with Crippen molar-refractivity contribution >= 4 is 23.6 Å². The zero-order valence-electron chi connectivity index (χ0n) is 8.97. The Labute approximate surface area is 103 Å². The van der Waals surface area contributed by atoms with Crippen molar-refractivity contribution < 1.29 is 14.7 Å². The summed E-state index contributed by atoms with van der Waals surface area (Å²) in [6.07, 6.45) is 2.53. The number of amides is 1. The number of fused-ring (bicyclic) bond motifs is 1. The summed E-state index contributed by atoms with van der Waals surface area (Å²) >= 11 is 1.37. The molecule has 0 fully saturated rings. The van der Waals surface area contributed by atoms with Crippen LogP contribution >= 0.6 is 11.8 Å². The van der Waals surface area contributed by atoms with E-state index < -0.39 is 5.97 Å². The van der Waals surface area contributed by atoms with Crippen molar-refractivity contribution in [3.8, 4) is 0 Å². The van der Waals surface area contributed by atoms with Crippen molar-refractivity contribution in [3.05, 3.63) is 40.8 Å². The van der Waals surface area contributed by atoms with Crippen LogP contribution in [0.3, 0.4) is 0 Å². The lowest BCUT2D eigenvalue weighted by molar-refractivity contribution is -0.137. The first-order valence-corrected chi connectivity index (χ1v) is 5.94. The number of rotatable bonds is 3. The molecule has 1 heterocycles. The van der Waals surface area contributed by atoms with Crippen LogP contribution in [0.1, 0.15) is 5.56 Å². The average molecular weight is 249 g/mol. The van der Waals surface area contributed by atoms with E-state index in [-0.39, 0.29) is 12.5 Å². The summed E-state index contributed by atoms with van der Waals surface area (Å²) in [5.74, 6) is -1.37. The van der Waals surface area contributed by atoms with E-state index in [1.807, 2.05) is 30.3 Å². The minimum Gasteiger partial charge on any atom is -0.480 e. The van der Waals surface area contributed by atoms with E-state index in [1.54, 1.807) is 0 Å². The van der Waals surface area contributed by atoms with Crippen molar-refractivity contribution in [1.82, 2.24) is 5.32 Å². The second-order valence-electron chi connectivity index (χ2n) is 3.56. The molecular weight excluding hydrogens is 238 g/mol. The monoisotopic (exact) mass is 249 g/mol. The van der Waals surface area contributed by atoms with Gasteiger partial charge in [0, 0.05) is 4.90 Å². The number of hydrogen-bond acceptors (Lipinski definition) is 3. The molecular formula is C12H11NO3S. The molecule has 1 aromatic rings. The Morgan fingerprint density at radius 2 is 2.12 bits per heavy atom. The summed E-state index contributed by atoms with van der Waals surface area (Å²) in [6, 6.07) is 7.86. The van der Waals surface area contributed by atoms with E-state index in [2.05, 4.69) is 5.32 Å². The standard InChI is InChI=1S/C12H11NO3S/c14-11(15)7-13-12(16)10-6-5-8-3-1-2-4-9(8)17-10/h1-4,6H,5,7H2,(H,13,16)(H,14,15). The SMILES string of the molecule is O=C(O)CNC(=O)C1=CCc2ccccc2S1. The highest BCUT2D eigenvalue weighted by Gasteiger charge is 2.17. The van der Waals surface area contributed by atoms with Gasteiger partial charge in [-0.25, -0.2) is 0 Å². The zero-order valence-corrected chi connectivity index (χ0v) is 9.79. The molecule has 5 heteroatoms. The molecule has 0 aliphatic carbocycles. The Balaban J connectivity index is 2.03. The number of nitrogens with one attached hydrogen (secondary N) is 1. The summed E-state index contributed by atoms with van der Waals surface area (Å²) in [4.78, 5) is 23.6. The first-order valence-electron chi connectivity index (χ1n) is 5.13. The first-order chi connectivity index (χ1) is 8.16. The molecule has 0 radical (unpaired) electrons. The van der Waals surface area contributed by atoms with Gasteiger partial charge in [0.25, 0.3) is 5.91 Å². The highest BCUT2D eigenvalue weighted by Crippen LogP contribution is 2.34. The molecule has 17 heavy (non-hydrogen) atoms. The number of thioether (sulfide) groups is 1. The lowest BCUT2D eigenvalue weighted by atomic mass is 10.1. The number of carbonyl (C=O) groups is 2. The molecule has 0 saturated carbocycles. The van der Waals surface area contributed by atoms with Crippen molar-refractivity contribution in [2.45, 2.75) is 11.3 Å². The average Bonchev–Trinajstić information content (AvgIpc) is 2.35. The Kier molecular flexibility index (Phi) is 3.49. The molecule has 1 aliphatic heterocycles. The van der Waals surface area contributed by atoms with E-state index in [4.69, 9.17) is 5.11 Å². The largest absolute Gasteiger partial charge is 0.480 e. The quantitative estimate of drug-likeness (QED) is 0.850. The van der Waals surface area contributed by atoms with Crippen LogP contribution in [0.25, 0.3) is 0 Å². The number of carbonyl (C=O) groups excluding carboxylic acids is 1. The van der Waals surface area contributed by atoms with Crippen molar-refractivity contribution in [2.75, 3.05) is 6.54 Å². The molecule has 1 aliphatic rings. The molecule has 1 aromatic carbocycles. The molecule has 4 nitrogen and oxygen atoms in total. The van der Waals surface area contributed by atoms with Gasteiger partial charge in [0.15, 0.2) is 0 Å². The van der Waals surface area contributed by atoms with Crippen molar-refractivity contribution in [2.24, 2.45) is 0 Å². The summed E-state index contributed by atoms with van der Waals surface area (Å²) in [5, 5.41) is 10.8. The number of hydrogen-bond donors (Lipinski definition) is 2. The maximum absolute atomic E-state index is 11.6. The number of benzene rings is 1. The van der Waals surface area contributed by atoms with Gasteiger partial charge >= 0.3 is 5.97 Å². The highest BCUT2D eigenvalue weighted by molar-refractivity contribution is 8.04. The maximum Gasteiger partial charge on any atom is 0.322 e. The van der Waals surface area contributed by atoms with E-state index in [0.717, 1.165) is 4.90 Å². The van der Waals surface area contributed by atoms with Gasteiger partial charge in [0.05, 0.1) is 4.91 Å². The maximum atomic E-state index is 11.6. The number of carboxylic acid groups (broad SMARTS) is 1. The molecule has 1 amide bonds. The fourth-order valence-electron chi connectivity index (χ4n) is 1.52. The number of aliphatic carboxylic acids is 1. The van der Waals surface area contributed by atoms with Gasteiger partial charge in [-0.3, -0.25) is 9.59 Å². The van der Waals surface area contributed by atoms with Gasteiger partial charge in [0.2, 0.25) is 0 Å². The fourth-order valence-corrected chi connectivity index (χ4v) is 2.51. The number of carboxylic acids is 1. The predicted molar refractivity (Wildman–Crippen MR) is 64.7 cm³/mol. The zero-order chi connectivity index (χ0) is 12.3. The highest BCUT2D eigenvalue weighted by atomic mass is 32.2. The Hall–Kier alpha value is -1.75. The molecule has 0 bridgehead atoms. The van der Waals surface area contributed by atoms with E-state index in [9.17, 15) is 9.59 Å². The van der Waals surface area contributed by atoms with Crippen molar-refractivity contribution in [1.29, 1.82) is 0 Å². The predicted octanol–water partition coefficient (Wildman–Crippen LogP) is 1.42. The Bertz CT molecular complexity index is 496. The third-order valence-electron chi connectivity index (χ3n) is 2.32. The van der Waals surface area contributed by atoms with Crippen LogP contribution in [0, 0.1) is 0 Å². The first kappa shape index (κ1) is 11.7. The molecule has 0 saturated heterocycles. The Morgan fingerprint density at radius 3 is 2.88 bits per heavy atom. The van der Waals surface area contributed by atoms with E-state index in [1.165, 1.54) is 17.3 Å². The van der Waals surface area contributed by atoms with Crippen LogP contribution < -0.4 is 5.32 Å². The lowest BCUT2D eigenvalue weighted by Gasteiger charge is -2.15. The van der Waals surface area contributed by atoms with Crippen LogP contribution in [0.2, 0.25) is 0 Å². The summed E-state index contributed by atoms with van der Waals surface area (Å²) in [5.41, 5.74) is 1.19. The summed E-state index contributed by atoms with van der Waals surface area (Å²) < 4.78 is 0. The Morgan fingerprint density at radius 1 is 1.35 bits per heavy atom. The third-order valence-corrected chi connectivity index (χ3v) is 3.51. The lowest BCUT2D eigenvalue weighted by Crippen LogP contribution is -2.30. The minimum atomic E-state index is -1.04. The van der Waals surface area contributed by atoms with Crippen LogP contribution in [0.4, 0.5) is 0 Å². The second kappa shape index (κ2) is 5.05. The molecule has 2 N–H and O–H groups in total. The smallest absolute Gasteiger partial charge is 0.322 e. The van der Waals surface area contributed by atoms with E-state index >= 15 is 0 Å². The summed E-state index contributed by atoms with van der Waals surface area (Å²) in [7, 11) is 0. The van der Waals surface area contributed by atoms with Gasteiger partial charge < -0.3 is 10.4 Å². The molecule has 88 valence electrons. The van der Waals surface area contributed by atoms with Crippen LogP contribution in [-0.2, 0) is 16.0 Å². The van der Waals surface area contributed by atoms with Gasteiger partial charge in [-0.1, -0.05) is 36.0 Å². The molecule has 0 spiro atoms. The molecule has 0 atom stereocenters. The third kappa shape index (κ3) is 2.88.